The van der Waals surface area contributed by atoms with Crippen LogP contribution in [0.15, 0.2) is 18.2 Å². The first-order valence-corrected chi connectivity index (χ1v) is 6.77. The van der Waals surface area contributed by atoms with Crippen molar-refractivity contribution in [1.29, 1.82) is 0 Å². The second-order valence-corrected chi connectivity index (χ2v) is 5.91. The molecular weight excluding hydrogens is 268 g/mol. The van der Waals surface area contributed by atoms with E-state index >= 15 is 0 Å². The Morgan fingerprint density at radius 1 is 1.19 bits per heavy atom. The van der Waals surface area contributed by atoms with Gasteiger partial charge >= 0.3 is 0 Å². The van der Waals surface area contributed by atoms with Crippen molar-refractivity contribution in [2.24, 2.45) is 0 Å². The van der Waals surface area contributed by atoms with Gasteiger partial charge in [0, 0.05) is 11.0 Å². The van der Waals surface area contributed by atoms with E-state index in [1.54, 1.807) is 14.2 Å². The van der Waals surface area contributed by atoms with Gasteiger partial charge in [0.15, 0.2) is 5.82 Å². The van der Waals surface area contributed by atoms with Crippen LogP contribution in [0, 0.1) is 0 Å². The Morgan fingerprint density at radius 2 is 1.90 bits per heavy atom. The summed E-state index contributed by atoms with van der Waals surface area (Å²) in [5.74, 6) is 2.02. The number of nitrogens with zero attached hydrogens (tertiary/aromatic N) is 3. The van der Waals surface area contributed by atoms with Gasteiger partial charge in [0.25, 0.3) is 0 Å². The van der Waals surface area contributed by atoms with E-state index in [4.69, 9.17) is 15.2 Å². The van der Waals surface area contributed by atoms with Crippen molar-refractivity contribution in [3.63, 3.8) is 0 Å². The molecule has 0 aliphatic carbocycles. The molecule has 2 N–H and O–H groups in total. The van der Waals surface area contributed by atoms with Crippen LogP contribution < -0.4 is 15.2 Å². The molecule has 0 spiro atoms. The molecule has 2 rings (SSSR count). The molecule has 6 heteroatoms. The van der Waals surface area contributed by atoms with E-state index in [1.807, 2.05) is 22.9 Å². The first kappa shape index (κ1) is 15.2. The molecule has 1 aromatic heterocycles. The lowest BCUT2D eigenvalue weighted by Gasteiger charge is -2.20. The molecule has 0 aliphatic rings. The van der Waals surface area contributed by atoms with Crippen LogP contribution in [0.1, 0.15) is 32.0 Å². The quantitative estimate of drug-likeness (QED) is 0.934. The van der Waals surface area contributed by atoms with Crippen LogP contribution in [-0.2, 0) is 12.0 Å². The van der Waals surface area contributed by atoms with E-state index in [2.05, 4.69) is 31.1 Å². The molecule has 114 valence electrons. The third-order valence-electron chi connectivity index (χ3n) is 3.28. The Bertz CT molecular complexity index is 629. The molecule has 1 aromatic carbocycles. The molecule has 0 saturated heterocycles. The van der Waals surface area contributed by atoms with Gasteiger partial charge in [-0.25, -0.2) is 4.68 Å². The monoisotopic (exact) mass is 290 g/mol. The molecule has 1 heterocycles. The Morgan fingerprint density at radius 3 is 2.48 bits per heavy atom. The van der Waals surface area contributed by atoms with Gasteiger partial charge < -0.3 is 15.2 Å². The Kier molecular flexibility index (Phi) is 4.06. The molecule has 0 radical (unpaired) electrons. The van der Waals surface area contributed by atoms with E-state index in [0.29, 0.717) is 12.4 Å². The van der Waals surface area contributed by atoms with Gasteiger partial charge in [-0.3, -0.25) is 0 Å². The predicted molar refractivity (Wildman–Crippen MR) is 81.8 cm³/mol. The number of hydrogen-bond acceptors (Lipinski definition) is 5. The number of rotatable bonds is 4. The summed E-state index contributed by atoms with van der Waals surface area (Å²) >= 11 is 0. The summed E-state index contributed by atoms with van der Waals surface area (Å²) in [6.07, 6.45) is 0. The van der Waals surface area contributed by atoms with E-state index in [9.17, 15) is 0 Å². The van der Waals surface area contributed by atoms with Gasteiger partial charge in [-0.2, -0.15) is 0 Å². The number of aromatic nitrogens is 3. The van der Waals surface area contributed by atoms with Crippen molar-refractivity contribution < 1.29 is 9.47 Å². The number of nitrogen functional groups attached to an aromatic ring is 1. The second-order valence-electron chi connectivity index (χ2n) is 5.91. The molecule has 21 heavy (non-hydrogen) atoms. The largest absolute Gasteiger partial charge is 0.497 e. The van der Waals surface area contributed by atoms with Crippen LogP contribution in [0.3, 0.4) is 0 Å². The number of ether oxygens (including phenoxy) is 2. The minimum Gasteiger partial charge on any atom is -0.497 e. The molecule has 6 nitrogen and oxygen atoms in total. The summed E-state index contributed by atoms with van der Waals surface area (Å²) in [6.45, 7) is 6.78. The average Bonchev–Trinajstić information content (AvgIpc) is 2.79. The zero-order chi connectivity index (χ0) is 15.6. The topological polar surface area (TPSA) is 75.2 Å². The first-order chi connectivity index (χ1) is 9.86. The van der Waals surface area contributed by atoms with Crippen molar-refractivity contribution >= 4 is 5.82 Å². The maximum Gasteiger partial charge on any atom is 0.169 e. The normalized spacial score (nSPS) is 11.5. The molecule has 0 unspecified atom stereocenters. The number of benzene rings is 1. The van der Waals surface area contributed by atoms with Crippen LogP contribution >= 0.6 is 0 Å². The molecule has 0 saturated carbocycles. The number of nitrogens with two attached hydrogens (primary N) is 1. The minimum absolute atomic E-state index is 0.139. The zero-order valence-corrected chi connectivity index (χ0v) is 13.2. The third kappa shape index (κ3) is 3.09. The summed E-state index contributed by atoms with van der Waals surface area (Å²) in [4.78, 5) is 0. The maximum atomic E-state index is 5.96. The fourth-order valence-electron chi connectivity index (χ4n) is 2.38. The number of methoxy groups -OCH3 is 2. The predicted octanol–water partition coefficient (Wildman–Crippen LogP) is 2.22. The van der Waals surface area contributed by atoms with Gasteiger partial charge in [0.2, 0.25) is 0 Å². The van der Waals surface area contributed by atoms with Gasteiger partial charge in [-0.05, 0) is 18.2 Å². The molecule has 2 aromatic rings. The standard InChI is InChI=1S/C15H22N4O2/c1-15(2,3)13-14(16)17-18-19(13)9-10-8-11(20-4)6-7-12(10)21-5/h6-8H,9,16H2,1-5H3. The lowest BCUT2D eigenvalue weighted by molar-refractivity contribution is 0.395. The summed E-state index contributed by atoms with van der Waals surface area (Å²) < 4.78 is 12.5. The Balaban J connectivity index is 2.43. The van der Waals surface area contributed by atoms with Gasteiger partial charge in [-0.15, -0.1) is 5.10 Å². The highest BCUT2D eigenvalue weighted by Gasteiger charge is 2.24. The van der Waals surface area contributed by atoms with Crippen molar-refractivity contribution in [1.82, 2.24) is 15.0 Å². The second kappa shape index (κ2) is 5.63. The SMILES string of the molecule is COc1ccc(OC)c(Cn2nnc(N)c2C(C)(C)C)c1. The van der Waals surface area contributed by atoms with Crippen LogP contribution in [0.4, 0.5) is 5.82 Å². The molecule has 0 amide bonds. The van der Waals surface area contributed by atoms with Crippen molar-refractivity contribution in [3.05, 3.63) is 29.5 Å². The van der Waals surface area contributed by atoms with Crippen LogP contribution in [0.25, 0.3) is 0 Å². The number of anilines is 1. The van der Waals surface area contributed by atoms with Crippen LogP contribution in [-0.4, -0.2) is 29.2 Å². The summed E-state index contributed by atoms with van der Waals surface area (Å²) in [5, 5.41) is 8.15. The molecule has 0 fully saturated rings. The third-order valence-corrected chi connectivity index (χ3v) is 3.28. The van der Waals surface area contributed by atoms with Crippen LogP contribution in [0.5, 0.6) is 11.5 Å². The Labute approximate surface area is 124 Å². The highest BCUT2D eigenvalue weighted by Crippen LogP contribution is 2.29. The minimum atomic E-state index is -0.139. The lowest BCUT2D eigenvalue weighted by atomic mass is 9.91. The fourth-order valence-corrected chi connectivity index (χ4v) is 2.38. The average molecular weight is 290 g/mol. The van der Waals surface area contributed by atoms with Gasteiger partial charge in [0.1, 0.15) is 11.5 Å². The van der Waals surface area contributed by atoms with Crippen molar-refractivity contribution in [3.8, 4) is 11.5 Å². The highest BCUT2D eigenvalue weighted by atomic mass is 16.5. The lowest BCUT2D eigenvalue weighted by Crippen LogP contribution is -2.20. The smallest absolute Gasteiger partial charge is 0.169 e. The first-order valence-electron chi connectivity index (χ1n) is 6.77. The summed E-state index contributed by atoms with van der Waals surface area (Å²) in [7, 11) is 3.28. The van der Waals surface area contributed by atoms with E-state index in [-0.39, 0.29) is 5.41 Å². The fraction of sp³-hybridized carbons (Fsp3) is 0.467. The van der Waals surface area contributed by atoms with E-state index in [1.165, 1.54) is 0 Å². The number of hydrogen-bond donors (Lipinski definition) is 1. The molecule has 0 aliphatic heterocycles. The zero-order valence-electron chi connectivity index (χ0n) is 13.2. The van der Waals surface area contributed by atoms with Crippen molar-refractivity contribution in [2.45, 2.75) is 32.7 Å². The molecule has 0 bridgehead atoms. The van der Waals surface area contributed by atoms with E-state index in [0.717, 1.165) is 22.8 Å². The molecule has 0 atom stereocenters. The van der Waals surface area contributed by atoms with Crippen molar-refractivity contribution in [2.75, 3.05) is 20.0 Å². The molecular formula is C15H22N4O2. The van der Waals surface area contributed by atoms with Gasteiger partial charge in [-0.1, -0.05) is 26.0 Å². The van der Waals surface area contributed by atoms with Gasteiger partial charge in [0.05, 0.1) is 26.5 Å². The highest BCUT2D eigenvalue weighted by molar-refractivity contribution is 5.42. The van der Waals surface area contributed by atoms with Crippen LogP contribution in [0.2, 0.25) is 0 Å². The Hall–Kier alpha value is -2.24. The summed E-state index contributed by atoms with van der Waals surface area (Å²) in [6, 6.07) is 5.68. The maximum absolute atomic E-state index is 5.96. The van der Waals surface area contributed by atoms with E-state index < -0.39 is 0 Å². The summed E-state index contributed by atoms with van der Waals surface area (Å²) in [5.41, 5.74) is 7.69.